The number of anilines is 1. The van der Waals surface area contributed by atoms with E-state index in [2.05, 4.69) is 13.0 Å². The monoisotopic (exact) mass is 432 g/mol. The summed E-state index contributed by atoms with van der Waals surface area (Å²) in [5.41, 5.74) is 4.97. The highest BCUT2D eigenvalue weighted by Crippen LogP contribution is 2.35. The second-order valence-corrected chi connectivity index (χ2v) is 8.65. The van der Waals surface area contributed by atoms with Crippen LogP contribution in [0.3, 0.4) is 0 Å². The Morgan fingerprint density at radius 1 is 0.812 bits per heavy atom. The minimum Gasteiger partial charge on any atom is -0.337 e. The second kappa shape index (κ2) is 11.1. The molecule has 0 spiro atoms. The number of hydrogen-bond donors (Lipinski definition) is 0. The molecule has 1 heterocycles. The predicted octanol–water partition coefficient (Wildman–Crippen LogP) is 6.27. The molecule has 0 saturated heterocycles. The largest absolute Gasteiger partial charge is 0.337 e. The average Bonchev–Trinajstić information content (AvgIpc) is 3.02. The zero-order chi connectivity index (χ0) is 23.1. The summed E-state index contributed by atoms with van der Waals surface area (Å²) in [6, 6.07) is 15.9. The van der Waals surface area contributed by atoms with Crippen LogP contribution in [0.25, 0.3) is 5.57 Å². The molecule has 0 aromatic heterocycles. The van der Waals surface area contributed by atoms with E-state index in [0.717, 1.165) is 41.6 Å². The summed E-state index contributed by atoms with van der Waals surface area (Å²) in [6.45, 7) is 9.37. The first kappa shape index (κ1) is 23.8. The second-order valence-electron chi connectivity index (χ2n) is 8.65. The number of aryl methyl sites for hydroxylation is 2. The molecule has 0 N–H and O–H groups in total. The van der Waals surface area contributed by atoms with Crippen molar-refractivity contribution in [2.24, 2.45) is 0 Å². The topological polar surface area (TPSA) is 40.6 Å². The number of likely N-dealkylation sites (N-methyl/N-ethyl adjacent to an activating group) is 1. The number of carbonyl (C=O) groups excluding carboxylic acids is 2. The van der Waals surface area contributed by atoms with E-state index in [4.69, 9.17) is 0 Å². The SMILES string of the molecule is CCCCCCCCN1C(=O)C(c2ccc(C)cc2C)=C(N(CC)c2ccccc2)C1=O. The average molecular weight is 433 g/mol. The molecule has 1 aliphatic heterocycles. The molecule has 2 aromatic carbocycles. The Morgan fingerprint density at radius 3 is 2.16 bits per heavy atom. The lowest BCUT2D eigenvalue weighted by Crippen LogP contribution is -2.36. The highest BCUT2D eigenvalue weighted by atomic mass is 16.2. The number of amides is 2. The number of benzene rings is 2. The number of unbranched alkanes of at least 4 members (excludes halogenated alkanes) is 5. The Hall–Kier alpha value is -2.88. The van der Waals surface area contributed by atoms with E-state index in [-0.39, 0.29) is 11.8 Å². The first-order valence-corrected chi connectivity index (χ1v) is 12.0. The normalized spacial score (nSPS) is 13.9. The van der Waals surface area contributed by atoms with E-state index < -0.39 is 0 Å². The fourth-order valence-corrected chi connectivity index (χ4v) is 4.48. The first-order chi connectivity index (χ1) is 15.5. The highest BCUT2D eigenvalue weighted by molar-refractivity contribution is 6.37. The molecule has 0 aliphatic carbocycles. The molecule has 1 aliphatic rings. The smallest absolute Gasteiger partial charge is 0.278 e. The van der Waals surface area contributed by atoms with E-state index in [0.29, 0.717) is 24.4 Å². The summed E-state index contributed by atoms with van der Waals surface area (Å²) in [7, 11) is 0. The van der Waals surface area contributed by atoms with Gasteiger partial charge in [-0.1, -0.05) is 81.0 Å². The highest BCUT2D eigenvalue weighted by Gasteiger charge is 2.41. The Balaban J connectivity index is 1.96. The van der Waals surface area contributed by atoms with Gasteiger partial charge in [0.05, 0.1) is 5.57 Å². The molecule has 0 unspecified atom stereocenters. The van der Waals surface area contributed by atoms with Crippen molar-refractivity contribution in [3.05, 3.63) is 70.9 Å². The van der Waals surface area contributed by atoms with Crippen molar-refractivity contribution in [3.63, 3.8) is 0 Å². The molecule has 170 valence electrons. The molecule has 0 bridgehead atoms. The van der Waals surface area contributed by atoms with Gasteiger partial charge in [0, 0.05) is 18.8 Å². The van der Waals surface area contributed by atoms with Crippen molar-refractivity contribution in [2.75, 3.05) is 18.0 Å². The molecular weight excluding hydrogens is 396 g/mol. The van der Waals surface area contributed by atoms with Crippen molar-refractivity contribution < 1.29 is 9.59 Å². The molecule has 4 nitrogen and oxygen atoms in total. The van der Waals surface area contributed by atoms with Crippen molar-refractivity contribution >= 4 is 23.1 Å². The van der Waals surface area contributed by atoms with Gasteiger partial charge in [0.25, 0.3) is 11.8 Å². The van der Waals surface area contributed by atoms with Crippen molar-refractivity contribution in [1.82, 2.24) is 4.90 Å². The summed E-state index contributed by atoms with van der Waals surface area (Å²) in [4.78, 5) is 30.7. The summed E-state index contributed by atoms with van der Waals surface area (Å²) in [5.74, 6) is -0.343. The molecule has 32 heavy (non-hydrogen) atoms. The third-order valence-corrected chi connectivity index (χ3v) is 6.18. The molecule has 0 saturated carbocycles. The number of para-hydroxylation sites is 1. The third-order valence-electron chi connectivity index (χ3n) is 6.18. The standard InChI is InChI=1S/C28H36N2O2/c1-5-7-8-9-10-14-19-30-27(31)25(24-18-17-21(3)20-22(24)4)26(28(30)32)29(6-2)23-15-12-11-13-16-23/h11-13,15-18,20H,5-10,14,19H2,1-4H3. The maximum Gasteiger partial charge on any atom is 0.278 e. The summed E-state index contributed by atoms with van der Waals surface area (Å²) in [5, 5.41) is 0. The molecule has 2 amide bonds. The number of nitrogens with zero attached hydrogens (tertiary/aromatic N) is 2. The zero-order valence-corrected chi connectivity index (χ0v) is 20.0. The fourth-order valence-electron chi connectivity index (χ4n) is 4.48. The Labute approximate surface area is 192 Å². The van der Waals surface area contributed by atoms with Crippen LogP contribution in [0, 0.1) is 13.8 Å². The molecular formula is C28H36N2O2. The van der Waals surface area contributed by atoms with Gasteiger partial charge in [-0.05, 0) is 50.5 Å². The summed E-state index contributed by atoms with van der Waals surface area (Å²) >= 11 is 0. The number of rotatable bonds is 11. The van der Waals surface area contributed by atoms with E-state index in [1.165, 1.54) is 24.2 Å². The maximum atomic E-state index is 13.6. The predicted molar refractivity (Wildman–Crippen MR) is 132 cm³/mol. The van der Waals surface area contributed by atoms with Gasteiger partial charge in [-0.2, -0.15) is 0 Å². The van der Waals surface area contributed by atoms with Crippen LogP contribution >= 0.6 is 0 Å². The van der Waals surface area contributed by atoms with Gasteiger partial charge >= 0.3 is 0 Å². The Morgan fingerprint density at radius 2 is 1.50 bits per heavy atom. The lowest BCUT2D eigenvalue weighted by Gasteiger charge is -2.25. The fraction of sp³-hybridized carbons (Fsp3) is 0.429. The molecule has 3 rings (SSSR count). The number of carbonyl (C=O) groups is 2. The molecule has 0 fully saturated rings. The zero-order valence-electron chi connectivity index (χ0n) is 20.0. The minimum absolute atomic E-state index is 0.167. The van der Waals surface area contributed by atoms with Crippen molar-refractivity contribution in [1.29, 1.82) is 0 Å². The first-order valence-electron chi connectivity index (χ1n) is 12.0. The van der Waals surface area contributed by atoms with Crippen LogP contribution in [0.4, 0.5) is 5.69 Å². The summed E-state index contributed by atoms with van der Waals surface area (Å²) < 4.78 is 0. The quantitative estimate of drug-likeness (QED) is 0.310. The molecule has 4 heteroatoms. The maximum absolute atomic E-state index is 13.6. The van der Waals surface area contributed by atoms with E-state index in [1.807, 2.05) is 68.1 Å². The molecule has 0 atom stereocenters. The van der Waals surface area contributed by atoms with Gasteiger partial charge in [0.1, 0.15) is 5.70 Å². The van der Waals surface area contributed by atoms with E-state index in [9.17, 15) is 9.59 Å². The van der Waals surface area contributed by atoms with Gasteiger partial charge in [0.15, 0.2) is 0 Å². The van der Waals surface area contributed by atoms with Gasteiger partial charge in [-0.25, -0.2) is 0 Å². The van der Waals surface area contributed by atoms with E-state index >= 15 is 0 Å². The third kappa shape index (κ3) is 5.12. The van der Waals surface area contributed by atoms with Crippen molar-refractivity contribution in [3.8, 4) is 0 Å². The number of hydrogen-bond acceptors (Lipinski definition) is 3. The lowest BCUT2D eigenvalue weighted by molar-refractivity contribution is -0.137. The van der Waals surface area contributed by atoms with Gasteiger partial charge in [0.2, 0.25) is 0 Å². The van der Waals surface area contributed by atoms with Gasteiger partial charge < -0.3 is 4.90 Å². The molecule has 2 aromatic rings. The van der Waals surface area contributed by atoms with Gasteiger partial charge in [-0.3, -0.25) is 14.5 Å². The summed E-state index contributed by atoms with van der Waals surface area (Å²) in [6.07, 6.45) is 6.72. The van der Waals surface area contributed by atoms with Crippen LogP contribution in [0.5, 0.6) is 0 Å². The van der Waals surface area contributed by atoms with Crippen LogP contribution < -0.4 is 4.90 Å². The van der Waals surface area contributed by atoms with Crippen LogP contribution in [0.2, 0.25) is 0 Å². The Bertz CT molecular complexity index is 978. The minimum atomic E-state index is -0.177. The van der Waals surface area contributed by atoms with Crippen LogP contribution in [0.1, 0.15) is 69.1 Å². The van der Waals surface area contributed by atoms with Crippen LogP contribution in [-0.4, -0.2) is 29.8 Å². The Kier molecular flexibility index (Phi) is 8.26. The van der Waals surface area contributed by atoms with Gasteiger partial charge in [-0.15, -0.1) is 0 Å². The van der Waals surface area contributed by atoms with Crippen LogP contribution in [-0.2, 0) is 9.59 Å². The number of imide groups is 1. The molecule has 0 radical (unpaired) electrons. The lowest BCUT2D eigenvalue weighted by atomic mass is 9.97. The van der Waals surface area contributed by atoms with Crippen molar-refractivity contribution in [2.45, 2.75) is 66.2 Å². The van der Waals surface area contributed by atoms with Crippen LogP contribution in [0.15, 0.2) is 54.2 Å². The van der Waals surface area contributed by atoms with E-state index in [1.54, 1.807) is 0 Å².